The summed E-state index contributed by atoms with van der Waals surface area (Å²) in [5.41, 5.74) is 14.7. The molecule has 322 valence electrons. The number of carbonyl (C=O) groups excluding carboxylic acids is 4. The fourth-order valence-electron chi connectivity index (χ4n) is 6.86. The van der Waals surface area contributed by atoms with Crippen LogP contribution in [-0.4, -0.2) is 172 Å². The number of carbonyl (C=O) groups is 4. The van der Waals surface area contributed by atoms with Crippen molar-refractivity contribution in [1.29, 1.82) is 0 Å². The van der Waals surface area contributed by atoms with Crippen molar-refractivity contribution in [2.24, 2.45) is 23.1 Å². The minimum absolute atomic E-state index is 0.0635. The van der Waals surface area contributed by atoms with Crippen LogP contribution in [0.4, 0.5) is 9.59 Å². The first kappa shape index (κ1) is 47.0. The molecule has 0 aromatic carbocycles. The molecule has 0 aromatic heterocycles. The first-order valence-electron chi connectivity index (χ1n) is 18.5. The second-order valence-electron chi connectivity index (χ2n) is 16.8. The molecule has 0 radical (unpaired) electrons. The highest BCUT2D eigenvalue weighted by Crippen LogP contribution is 2.37. The van der Waals surface area contributed by atoms with Crippen LogP contribution in [0.15, 0.2) is 11.8 Å². The van der Waals surface area contributed by atoms with E-state index in [-0.39, 0.29) is 25.9 Å². The Morgan fingerprint density at radius 2 is 1.62 bits per heavy atom. The third-order valence-electron chi connectivity index (χ3n) is 9.46. The van der Waals surface area contributed by atoms with E-state index in [0.717, 1.165) is 4.90 Å². The first-order valence-corrected chi connectivity index (χ1v) is 18.5. The number of primary amides is 1. The lowest BCUT2D eigenvalue weighted by Crippen LogP contribution is -2.70. The molecule has 2 unspecified atom stereocenters. The number of nitrogens with zero attached hydrogens (tertiary/aromatic N) is 1. The van der Waals surface area contributed by atoms with Gasteiger partial charge in [0.15, 0.2) is 6.29 Å². The van der Waals surface area contributed by atoms with Crippen molar-refractivity contribution in [3.63, 3.8) is 0 Å². The van der Waals surface area contributed by atoms with Gasteiger partial charge in [-0.1, -0.05) is 0 Å². The van der Waals surface area contributed by atoms with Crippen molar-refractivity contribution in [2.75, 3.05) is 33.3 Å². The number of alkyl carbamates (subject to hydrolysis) is 1. The molecule has 56 heavy (non-hydrogen) atoms. The maximum atomic E-state index is 13.3. The van der Waals surface area contributed by atoms with Gasteiger partial charge < -0.3 is 87.3 Å². The molecule has 3 rings (SSSR count). The SMILES string of the molecule is CN(C(=O)OC(C)(C)C)[C@@H]1[C@@H](O)[C@@H](O[C@H]2[C@H](NC(=O)[C@@H](O)CNC(=O)OC(C)(C)C)C[C@H](N)C([C@H]3OC(CNCC(O)C(N)=O)=CC[C@H]3N)[C@@H]2O)OC[C@]1(C)O. The summed E-state index contributed by atoms with van der Waals surface area (Å²) in [4.78, 5) is 50.8. The number of nitrogens with one attached hydrogen (secondary N) is 3. The summed E-state index contributed by atoms with van der Waals surface area (Å²) in [5, 5.41) is 63.1. The molecule has 2 aliphatic heterocycles. The Kier molecular flexibility index (Phi) is 15.9. The fraction of sp³-hybridized carbons (Fsp3) is 0.829. The van der Waals surface area contributed by atoms with Crippen LogP contribution in [0.2, 0.25) is 0 Å². The van der Waals surface area contributed by atoms with Gasteiger partial charge in [0.2, 0.25) is 5.91 Å². The molecule has 1 saturated heterocycles. The van der Waals surface area contributed by atoms with Gasteiger partial charge in [-0.25, -0.2) is 9.59 Å². The van der Waals surface area contributed by atoms with E-state index in [1.54, 1.807) is 47.6 Å². The summed E-state index contributed by atoms with van der Waals surface area (Å²) in [5.74, 6) is -2.47. The maximum absolute atomic E-state index is 13.3. The van der Waals surface area contributed by atoms with E-state index in [1.807, 2.05) is 0 Å². The van der Waals surface area contributed by atoms with Gasteiger partial charge in [-0.3, -0.25) is 9.59 Å². The first-order chi connectivity index (χ1) is 25.7. The standard InChI is InChI=1S/C35H63N7O14/c1-33(2,3)55-31(49)40-14-21(44)29(48)41-19-11-18(37)22(25-17(36)10-9-16(53-25)12-39-13-20(43)28(38)47)23(45)26(19)54-30-24(46)27(35(7,51)15-52-30)42(8)32(50)56-34(4,5)6/h9,17-27,30,39,43-46,51H,10-15,36-37H2,1-8H3,(H2,38,47)(H,40,49)(H,41,48)/t17-,18+,19-,20?,21+,22?,23+,24-,25+,26+,27-,30-,35+/m1/s1. The average Bonchev–Trinajstić information content (AvgIpc) is 3.05. The number of ether oxygens (including phenoxy) is 5. The Labute approximate surface area is 326 Å². The number of aliphatic hydroxyl groups excluding tert-OH is 4. The van der Waals surface area contributed by atoms with Gasteiger partial charge in [0.1, 0.15) is 53.1 Å². The Bertz CT molecular complexity index is 1410. The van der Waals surface area contributed by atoms with Crippen LogP contribution < -0.4 is 33.2 Å². The summed E-state index contributed by atoms with van der Waals surface area (Å²) in [7, 11) is 1.33. The molecule has 0 aromatic rings. The number of amides is 4. The summed E-state index contributed by atoms with van der Waals surface area (Å²) in [6.07, 6.45) is -10.3. The minimum Gasteiger partial charge on any atom is -0.492 e. The van der Waals surface area contributed by atoms with E-state index >= 15 is 0 Å². The van der Waals surface area contributed by atoms with Crippen LogP contribution in [0.3, 0.4) is 0 Å². The van der Waals surface area contributed by atoms with E-state index < -0.39 is 127 Å². The quantitative estimate of drug-likeness (QED) is 0.0864. The highest BCUT2D eigenvalue weighted by Gasteiger charge is 2.55. The molecular weight excluding hydrogens is 742 g/mol. The lowest BCUT2D eigenvalue weighted by molar-refractivity contribution is -0.305. The molecule has 21 heteroatoms. The van der Waals surface area contributed by atoms with Gasteiger partial charge in [-0.05, 0) is 67.4 Å². The average molecular weight is 806 g/mol. The van der Waals surface area contributed by atoms with Gasteiger partial charge in [-0.15, -0.1) is 0 Å². The van der Waals surface area contributed by atoms with Crippen LogP contribution in [0, 0.1) is 5.92 Å². The van der Waals surface area contributed by atoms with E-state index in [1.165, 1.54) is 14.0 Å². The highest BCUT2D eigenvalue weighted by molar-refractivity contribution is 5.82. The summed E-state index contributed by atoms with van der Waals surface area (Å²) in [6, 6.07) is -4.08. The maximum Gasteiger partial charge on any atom is 0.410 e. The van der Waals surface area contributed by atoms with Gasteiger partial charge in [0.25, 0.3) is 5.91 Å². The highest BCUT2D eigenvalue weighted by atomic mass is 16.7. The Morgan fingerprint density at radius 3 is 2.21 bits per heavy atom. The normalized spacial score (nSPS) is 33.5. The van der Waals surface area contributed by atoms with E-state index in [0.29, 0.717) is 5.76 Å². The van der Waals surface area contributed by atoms with E-state index in [4.69, 9.17) is 40.9 Å². The molecule has 14 N–H and O–H groups in total. The lowest BCUT2D eigenvalue weighted by Gasteiger charge is -2.51. The van der Waals surface area contributed by atoms with Crippen LogP contribution in [0.5, 0.6) is 0 Å². The molecule has 2 heterocycles. The molecule has 1 saturated carbocycles. The topological polar surface area (TPSA) is 333 Å². The van der Waals surface area contributed by atoms with Crippen LogP contribution >= 0.6 is 0 Å². The molecule has 13 atom stereocenters. The van der Waals surface area contributed by atoms with Crippen molar-refractivity contribution in [1.82, 2.24) is 20.9 Å². The molecule has 3 aliphatic rings. The number of nitrogens with two attached hydrogens (primary N) is 3. The minimum atomic E-state index is -1.80. The Hall–Kier alpha value is -3.38. The predicted molar refractivity (Wildman–Crippen MR) is 197 cm³/mol. The second kappa shape index (κ2) is 18.9. The molecule has 2 fully saturated rings. The monoisotopic (exact) mass is 805 g/mol. The number of aliphatic hydroxyl groups is 5. The molecule has 0 bridgehead atoms. The van der Waals surface area contributed by atoms with Gasteiger partial charge in [0, 0.05) is 31.6 Å². The zero-order valence-corrected chi connectivity index (χ0v) is 33.3. The van der Waals surface area contributed by atoms with Gasteiger partial charge in [-0.2, -0.15) is 0 Å². The predicted octanol–water partition coefficient (Wildman–Crippen LogP) is -3.41. The molecule has 0 spiro atoms. The molecule has 4 amide bonds. The Balaban J connectivity index is 1.89. The lowest BCUT2D eigenvalue weighted by atomic mass is 9.72. The van der Waals surface area contributed by atoms with Crippen molar-refractivity contribution >= 4 is 24.0 Å². The zero-order chi connectivity index (χ0) is 42.5. The van der Waals surface area contributed by atoms with Gasteiger partial charge in [0.05, 0.1) is 37.9 Å². The van der Waals surface area contributed by atoms with E-state index in [2.05, 4.69) is 16.0 Å². The smallest absolute Gasteiger partial charge is 0.410 e. The van der Waals surface area contributed by atoms with Crippen LogP contribution in [0.25, 0.3) is 0 Å². The largest absolute Gasteiger partial charge is 0.492 e. The van der Waals surface area contributed by atoms with Crippen molar-refractivity contribution in [2.45, 2.75) is 145 Å². The van der Waals surface area contributed by atoms with Gasteiger partial charge >= 0.3 is 12.2 Å². The van der Waals surface area contributed by atoms with Crippen molar-refractivity contribution in [3.8, 4) is 0 Å². The van der Waals surface area contributed by atoms with Crippen molar-refractivity contribution in [3.05, 3.63) is 11.8 Å². The molecule has 21 nitrogen and oxygen atoms in total. The number of hydrogen-bond donors (Lipinski definition) is 11. The second-order valence-corrected chi connectivity index (χ2v) is 16.8. The number of likely N-dealkylation sites (N-methyl/N-ethyl adjacent to an activating group) is 1. The van der Waals surface area contributed by atoms with Crippen molar-refractivity contribution < 1.29 is 68.4 Å². The fourth-order valence-corrected chi connectivity index (χ4v) is 6.86. The summed E-state index contributed by atoms with van der Waals surface area (Å²) < 4.78 is 28.8. The zero-order valence-electron chi connectivity index (χ0n) is 33.3. The number of rotatable bonds is 13. The van der Waals surface area contributed by atoms with Crippen LogP contribution in [0.1, 0.15) is 61.3 Å². The van der Waals surface area contributed by atoms with Crippen LogP contribution in [-0.2, 0) is 33.3 Å². The molecular formula is C35H63N7O14. The summed E-state index contributed by atoms with van der Waals surface area (Å²) in [6.45, 7) is 10.2. The number of hydrogen-bond acceptors (Lipinski definition) is 17. The molecule has 1 aliphatic carbocycles. The summed E-state index contributed by atoms with van der Waals surface area (Å²) >= 11 is 0. The third-order valence-corrected chi connectivity index (χ3v) is 9.46. The third kappa shape index (κ3) is 12.8. The Morgan fingerprint density at radius 1 is 1.00 bits per heavy atom. The van der Waals surface area contributed by atoms with E-state index in [9.17, 15) is 44.7 Å².